The van der Waals surface area contributed by atoms with Gasteiger partial charge in [0.15, 0.2) is 0 Å². The van der Waals surface area contributed by atoms with Crippen LogP contribution in [0.15, 0.2) is 22.8 Å². The molecule has 2 heterocycles. The molecule has 4 heteroatoms. The molecule has 1 aromatic heterocycles. The minimum Gasteiger partial charge on any atom is -0.358 e. The summed E-state index contributed by atoms with van der Waals surface area (Å²) in [6.07, 6.45) is 5.79. The fourth-order valence-corrected chi connectivity index (χ4v) is 2.33. The Hall–Kier alpha value is -0.610. The number of rotatable bonds is 3. The number of hydrogen-bond donors (Lipinski definition) is 1. The summed E-state index contributed by atoms with van der Waals surface area (Å²) in [6, 6.07) is 4.70. The Kier molecular flexibility index (Phi) is 4.18. The Balaban J connectivity index is 1.91. The number of hydrogen-bond acceptors (Lipinski definition) is 3. The summed E-state index contributed by atoms with van der Waals surface area (Å²) in [5.74, 6) is 1.04. The van der Waals surface area contributed by atoms with Gasteiger partial charge in [-0.15, -0.1) is 0 Å². The van der Waals surface area contributed by atoms with E-state index in [-0.39, 0.29) is 0 Å². The van der Waals surface area contributed by atoms with E-state index < -0.39 is 0 Å². The highest BCUT2D eigenvalue weighted by Gasteiger charge is 2.15. The highest BCUT2D eigenvalue weighted by Crippen LogP contribution is 2.15. The zero-order valence-corrected chi connectivity index (χ0v) is 11.2. The summed E-state index contributed by atoms with van der Waals surface area (Å²) in [6.45, 7) is 2.20. The largest absolute Gasteiger partial charge is 0.358 e. The van der Waals surface area contributed by atoms with Crippen LogP contribution in [0.25, 0.3) is 0 Å². The average Bonchev–Trinajstić information content (AvgIpc) is 2.31. The molecule has 0 spiro atoms. The molecule has 0 unspecified atom stereocenters. The zero-order chi connectivity index (χ0) is 11.4. The molecule has 1 fully saturated rings. The van der Waals surface area contributed by atoms with E-state index in [1.807, 2.05) is 18.3 Å². The van der Waals surface area contributed by atoms with Gasteiger partial charge in [-0.2, -0.15) is 0 Å². The number of nitrogens with one attached hydrogen (secondary N) is 1. The van der Waals surface area contributed by atoms with Gasteiger partial charge in [0.25, 0.3) is 0 Å². The van der Waals surface area contributed by atoms with Gasteiger partial charge in [-0.3, -0.25) is 0 Å². The highest BCUT2D eigenvalue weighted by molar-refractivity contribution is 9.10. The van der Waals surface area contributed by atoms with Crippen LogP contribution in [-0.2, 0) is 0 Å². The van der Waals surface area contributed by atoms with Crippen molar-refractivity contribution in [3.63, 3.8) is 0 Å². The van der Waals surface area contributed by atoms with Crippen molar-refractivity contribution in [1.82, 2.24) is 10.3 Å². The molecule has 1 atom stereocenters. The first-order valence-corrected chi connectivity index (χ1v) is 6.61. The molecule has 1 aliphatic rings. The van der Waals surface area contributed by atoms with Crippen LogP contribution in [0, 0.1) is 0 Å². The summed E-state index contributed by atoms with van der Waals surface area (Å²) >= 11 is 3.40. The minimum atomic E-state index is 0.615. The topological polar surface area (TPSA) is 28.2 Å². The van der Waals surface area contributed by atoms with Gasteiger partial charge >= 0.3 is 0 Å². The molecule has 16 heavy (non-hydrogen) atoms. The Morgan fingerprint density at radius 2 is 2.38 bits per heavy atom. The third-order valence-corrected chi connectivity index (χ3v) is 3.48. The van der Waals surface area contributed by atoms with Gasteiger partial charge in [-0.05, 0) is 47.4 Å². The zero-order valence-electron chi connectivity index (χ0n) is 9.62. The van der Waals surface area contributed by atoms with Crippen molar-refractivity contribution < 1.29 is 0 Å². The van der Waals surface area contributed by atoms with Crippen LogP contribution in [-0.4, -0.2) is 31.2 Å². The maximum Gasteiger partial charge on any atom is 0.128 e. The molecule has 0 amide bonds. The van der Waals surface area contributed by atoms with Crippen molar-refractivity contribution in [2.24, 2.45) is 0 Å². The van der Waals surface area contributed by atoms with Gasteiger partial charge in [0.05, 0.1) is 0 Å². The smallest absolute Gasteiger partial charge is 0.128 e. The standard InChI is InChI=1S/C12H18BrN3/c1-16(9-11-4-2-3-7-14-11)12-6-5-10(13)8-15-12/h5-6,8,11,14H,2-4,7,9H2,1H3/t11-/m1/s1. The lowest BCUT2D eigenvalue weighted by molar-refractivity contribution is 0.403. The second-order valence-corrected chi connectivity index (χ2v) is 5.28. The first kappa shape index (κ1) is 11.9. The van der Waals surface area contributed by atoms with Crippen molar-refractivity contribution in [2.75, 3.05) is 25.0 Å². The number of likely N-dealkylation sites (N-methyl/N-ethyl adjacent to an activating group) is 1. The Morgan fingerprint density at radius 3 is 3.00 bits per heavy atom. The first-order valence-electron chi connectivity index (χ1n) is 5.82. The van der Waals surface area contributed by atoms with E-state index in [1.165, 1.54) is 19.3 Å². The third-order valence-electron chi connectivity index (χ3n) is 3.01. The quantitative estimate of drug-likeness (QED) is 0.924. The summed E-state index contributed by atoms with van der Waals surface area (Å²) in [7, 11) is 2.10. The Bertz CT molecular complexity index is 320. The van der Waals surface area contributed by atoms with Gasteiger partial charge in [-0.25, -0.2) is 4.98 Å². The molecule has 0 aromatic carbocycles. The van der Waals surface area contributed by atoms with Crippen LogP contribution < -0.4 is 10.2 Å². The van der Waals surface area contributed by atoms with Gasteiger partial charge in [0, 0.05) is 30.3 Å². The monoisotopic (exact) mass is 283 g/mol. The highest BCUT2D eigenvalue weighted by atomic mass is 79.9. The maximum atomic E-state index is 4.39. The predicted molar refractivity (Wildman–Crippen MR) is 70.8 cm³/mol. The van der Waals surface area contributed by atoms with E-state index >= 15 is 0 Å². The lowest BCUT2D eigenvalue weighted by Gasteiger charge is -2.28. The number of anilines is 1. The molecule has 1 saturated heterocycles. The van der Waals surface area contributed by atoms with E-state index in [2.05, 4.69) is 38.2 Å². The van der Waals surface area contributed by atoms with Crippen molar-refractivity contribution in [2.45, 2.75) is 25.3 Å². The van der Waals surface area contributed by atoms with Crippen molar-refractivity contribution in [3.8, 4) is 0 Å². The van der Waals surface area contributed by atoms with Crippen LogP contribution in [0.4, 0.5) is 5.82 Å². The Morgan fingerprint density at radius 1 is 1.50 bits per heavy atom. The lowest BCUT2D eigenvalue weighted by Crippen LogP contribution is -2.42. The van der Waals surface area contributed by atoms with Crippen LogP contribution in [0.1, 0.15) is 19.3 Å². The maximum absolute atomic E-state index is 4.39. The number of aromatic nitrogens is 1. The molecule has 0 aliphatic carbocycles. The fourth-order valence-electron chi connectivity index (χ4n) is 2.10. The normalized spacial score (nSPS) is 20.8. The van der Waals surface area contributed by atoms with Crippen molar-refractivity contribution >= 4 is 21.7 Å². The summed E-state index contributed by atoms with van der Waals surface area (Å²) in [5.41, 5.74) is 0. The fraction of sp³-hybridized carbons (Fsp3) is 0.583. The van der Waals surface area contributed by atoms with E-state index in [1.54, 1.807) is 0 Å². The average molecular weight is 284 g/mol. The second kappa shape index (κ2) is 5.64. The molecule has 88 valence electrons. The van der Waals surface area contributed by atoms with Gasteiger partial charge < -0.3 is 10.2 Å². The molecule has 1 aliphatic heterocycles. The molecule has 0 bridgehead atoms. The molecule has 1 N–H and O–H groups in total. The molecular formula is C12H18BrN3. The van der Waals surface area contributed by atoms with Crippen LogP contribution in [0.3, 0.4) is 0 Å². The van der Waals surface area contributed by atoms with E-state index in [0.717, 1.165) is 23.4 Å². The van der Waals surface area contributed by atoms with Crippen LogP contribution in [0.5, 0.6) is 0 Å². The Labute approximate surface area is 105 Å². The third kappa shape index (κ3) is 3.19. The number of halogens is 1. The second-order valence-electron chi connectivity index (χ2n) is 4.36. The first-order chi connectivity index (χ1) is 7.75. The van der Waals surface area contributed by atoms with E-state index in [9.17, 15) is 0 Å². The molecular weight excluding hydrogens is 266 g/mol. The molecule has 0 radical (unpaired) electrons. The summed E-state index contributed by atoms with van der Waals surface area (Å²) in [4.78, 5) is 6.61. The molecule has 0 saturated carbocycles. The van der Waals surface area contributed by atoms with Crippen molar-refractivity contribution in [1.29, 1.82) is 0 Å². The predicted octanol–water partition coefficient (Wildman–Crippen LogP) is 2.42. The van der Waals surface area contributed by atoms with Gasteiger partial charge in [-0.1, -0.05) is 6.42 Å². The van der Waals surface area contributed by atoms with E-state index in [4.69, 9.17) is 0 Å². The van der Waals surface area contributed by atoms with Crippen LogP contribution >= 0.6 is 15.9 Å². The van der Waals surface area contributed by atoms with Crippen molar-refractivity contribution in [3.05, 3.63) is 22.8 Å². The minimum absolute atomic E-state index is 0.615. The van der Waals surface area contributed by atoms with Gasteiger partial charge in [0.1, 0.15) is 5.82 Å². The van der Waals surface area contributed by atoms with E-state index in [0.29, 0.717) is 6.04 Å². The summed E-state index contributed by atoms with van der Waals surface area (Å²) < 4.78 is 1.03. The molecule has 1 aromatic rings. The van der Waals surface area contributed by atoms with Crippen LogP contribution in [0.2, 0.25) is 0 Å². The number of nitrogens with zero attached hydrogens (tertiary/aromatic N) is 2. The molecule has 3 nitrogen and oxygen atoms in total. The molecule has 2 rings (SSSR count). The lowest BCUT2D eigenvalue weighted by atomic mass is 10.0. The summed E-state index contributed by atoms with van der Waals surface area (Å²) in [5, 5.41) is 3.55. The van der Waals surface area contributed by atoms with Gasteiger partial charge in [0.2, 0.25) is 0 Å². The number of pyridine rings is 1. The SMILES string of the molecule is CN(C[C@H]1CCCCN1)c1ccc(Br)cn1. The number of piperidine rings is 1.